The van der Waals surface area contributed by atoms with E-state index in [9.17, 15) is 19.2 Å². The van der Waals surface area contributed by atoms with Crippen LogP contribution in [-0.4, -0.2) is 95.9 Å². The molecule has 0 unspecified atom stereocenters. The fourth-order valence-corrected chi connectivity index (χ4v) is 5.24. The van der Waals surface area contributed by atoms with Crippen LogP contribution in [0.4, 0.5) is 5.69 Å². The molecular formula is C34H44N6O7. The summed E-state index contributed by atoms with van der Waals surface area (Å²) in [5.41, 5.74) is 3.30. The van der Waals surface area contributed by atoms with Crippen molar-refractivity contribution in [2.75, 3.05) is 39.1 Å². The van der Waals surface area contributed by atoms with Gasteiger partial charge in [-0.15, -0.1) is 0 Å². The molecule has 252 valence electrons. The molecule has 2 atom stereocenters. The van der Waals surface area contributed by atoms with Gasteiger partial charge in [-0.2, -0.15) is 0 Å². The average molecular weight is 649 g/mol. The van der Waals surface area contributed by atoms with Crippen LogP contribution in [0.1, 0.15) is 44.4 Å². The summed E-state index contributed by atoms with van der Waals surface area (Å²) in [6.07, 6.45) is 1.85. The Morgan fingerprint density at radius 1 is 1.09 bits per heavy atom. The number of nitrogens with one attached hydrogen (secondary N) is 3. The minimum atomic E-state index is -0.815. The maximum absolute atomic E-state index is 13.5. The van der Waals surface area contributed by atoms with Gasteiger partial charge in [0.25, 0.3) is 6.47 Å². The second-order valence-corrected chi connectivity index (χ2v) is 11.3. The normalized spacial score (nSPS) is 18.5. The third-order valence-electron chi connectivity index (χ3n) is 7.82. The summed E-state index contributed by atoms with van der Waals surface area (Å²) in [5, 5.41) is 16.5. The zero-order chi connectivity index (χ0) is 34.3. The molecule has 0 saturated carbocycles. The first-order valence-electron chi connectivity index (χ1n) is 15.5. The van der Waals surface area contributed by atoms with E-state index >= 15 is 0 Å². The second-order valence-electron chi connectivity index (χ2n) is 11.3. The number of rotatable bonds is 6. The van der Waals surface area contributed by atoms with Crippen molar-refractivity contribution in [3.63, 3.8) is 0 Å². The number of aromatic nitrogens is 1. The van der Waals surface area contributed by atoms with E-state index in [2.05, 4.69) is 20.9 Å². The molecule has 4 rings (SSSR count). The Balaban J connectivity index is 0.00000192. The lowest BCUT2D eigenvalue weighted by Gasteiger charge is -2.29. The Morgan fingerprint density at radius 2 is 1.79 bits per heavy atom. The molecule has 4 amide bonds. The molecule has 1 aromatic heterocycles. The second kappa shape index (κ2) is 18.2. The number of benzene rings is 2. The smallest absolute Gasteiger partial charge is 0.290 e. The lowest BCUT2D eigenvalue weighted by molar-refractivity contribution is -0.141. The van der Waals surface area contributed by atoms with E-state index in [1.54, 1.807) is 21.1 Å². The number of methoxy groups -OCH3 is 1. The molecule has 4 N–H and O–H groups in total. The molecule has 1 fully saturated rings. The van der Waals surface area contributed by atoms with Gasteiger partial charge in [-0.1, -0.05) is 18.2 Å². The summed E-state index contributed by atoms with van der Waals surface area (Å²) in [7, 11) is 3.18. The van der Waals surface area contributed by atoms with Crippen molar-refractivity contribution in [1.29, 1.82) is 0 Å². The van der Waals surface area contributed by atoms with Crippen LogP contribution >= 0.6 is 0 Å². The number of carbonyl (C=O) groups is 5. The van der Waals surface area contributed by atoms with Gasteiger partial charge in [-0.25, -0.2) is 0 Å². The van der Waals surface area contributed by atoms with Crippen LogP contribution in [0.15, 0.2) is 54.6 Å². The average Bonchev–Trinajstić information content (AvgIpc) is 3.05. The number of hydrogen-bond donors (Lipinski definition) is 4. The van der Waals surface area contributed by atoms with Crippen LogP contribution in [0.2, 0.25) is 0 Å². The van der Waals surface area contributed by atoms with E-state index in [0.29, 0.717) is 51.2 Å². The maximum Gasteiger partial charge on any atom is 0.290 e. The highest BCUT2D eigenvalue weighted by atomic mass is 16.5. The van der Waals surface area contributed by atoms with Crippen LogP contribution in [0.5, 0.6) is 5.75 Å². The summed E-state index contributed by atoms with van der Waals surface area (Å²) in [4.78, 5) is 67.7. The Morgan fingerprint density at radius 3 is 2.47 bits per heavy atom. The fraction of sp³-hybridized carbons (Fsp3) is 0.412. The molecule has 0 spiro atoms. The van der Waals surface area contributed by atoms with E-state index in [4.69, 9.17) is 19.6 Å². The van der Waals surface area contributed by atoms with Crippen molar-refractivity contribution in [3.8, 4) is 5.75 Å². The van der Waals surface area contributed by atoms with Gasteiger partial charge in [0.2, 0.25) is 23.6 Å². The van der Waals surface area contributed by atoms with Gasteiger partial charge in [0, 0.05) is 57.5 Å². The summed E-state index contributed by atoms with van der Waals surface area (Å²) < 4.78 is 5.24. The summed E-state index contributed by atoms with van der Waals surface area (Å²) >= 11 is 0. The molecular weight excluding hydrogens is 604 g/mol. The third kappa shape index (κ3) is 11.4. The molecule has 0 radical (unpaired) electrons. The number of nitrogens with zero attached hydrogens (tertiary/aromatic N) is 3. The highest BCUT2D eigenvalue weighted by Crippen LogP contribution is 2.19. The number of carboxylic acid groups (broad SMARTS) is 1. The third-order valence-corrected chi connectivity index (χ3v) is 7.82. The largest absolute Gasteiger partial charge is 0.497 e. The Kier molecular flexibility index (Phi) is 14.1. The first-order valence-corrected chi connectivity index (χ1v) is 15.5. The van der Waals surface area contributed by atoms with Crippen molar-refractivity contribution < 1.29 is 33.8 Å². The Labute approximate surface area is 274 Å². The van der Waals surface area contributed by atoms with Crippen LogP contribution < -0.4 is 20.7 Å². The van der Waals surface area contributed by atoms with Crippen molar-refractivity contribution in [2.24, 2.45) is 0 Å². The molecule has 0 bridgehead atoms. The van der Waals surface area contributed by atoms with Crippen LogP contribution in [0.25, 0.3) is 10.9 Å². The van der Waals surface area contributed by atoms with Gasteiger partial charge < -0.3 is 30.7 Å². The van der Waals surface area contributed by atoms with Crippen LogP contribution in [0.3, 0.4) is 0 Å². The number of ether oxygens (including phenoxy) is 1. The van der Waals surface area contributed by atoms with Gasteiger partial charge in [-0.05, 0) is 68.3 Å². The van der Waals surface area contributed by atoms with Gasteiger partial charge in [-0.3, -0.25) is 33.9 Å². The number of carbonyl (C=O) groups excluding carboxylic acids is 4. The van der Waals surface area contributed by atoms with Gasteiger partial charge >= 0.3 is 0 Å². The topological polar surface area (TPSA) is 170 Å². The summed E-state index contributed by atoms with van der Waals surface area (Å²) in [6, 6.07) is 15.4. The van der Waals surface area contributed by atoms with E-state index in [1.165, 1.54) is 11.8 Å². The number of fused-ring (bicyclic) bond motifs is 1. The molecule has 3 aromatic rings. The lowest BCUT2D eigenvalue weighted by atomic mass is 10.0. The van der Waals surface area contributed by atoms with Gasteiger partial charge in [0.15, 0.2) is 0 Å². The minimum Gasteiger partial charge on any atom is -0.497 e. The first kappa shape index (κ1) is 36.4. The highest BCUT2D eigenvalue weighted by Gasteiger charge is 2.30. The zero-order valence-corrected chi connectivity index (χ0v) is 27.3. The molecule has 1 aliphatic heterocycles. The lowest BCUT2D eigenvalue weighted by Crippen LogP contribution is -2.54. The molecule has 13 heteroatoms. The molecule has 0 aliphatic carbocycles. The number of anilines is 1. The fourth-order valence-electron chi connectivity index (χ4n) is 5.24. The SMILES string of the molecule is COc1ccc(C[C@@H]2NC(=O)CCCN(Cc3ccc4cc(NC(C)=O)ccc4n3)CCCNC(=O)[C@H](C)N(C)C2=O)cc1.O=CO. The predicted octanol–water partition coefficient (Wildman–Crippen LogP) is 2.58. The number of amides is 4. The van der Waals surface area contributed by atoms with Crippen LogP contribution in [0, 0.1) is 0 Å². The molecule has 13 nitrogen and oxygen atoms in total. The van der Waals surface area contributed by atoms with Crippen molar-refractivity contribution >= 4 is 46.7 Å². The molecule has 2 heterocycles. The molecule has 1 saturated heterocycles. The molecule has 2 aromatic carbocycles. The Bertz CT molecular complexity index is 1530. The summed E-state index contributed by atoms with van der Waals surface area (Å²) in [5.74, 6) is -0.201. The highest BCUT2D eigenvalue weighted by molar-refractivity contribution is 5.93. The predicted molar refractivity (Wildman–Crippen MR) is 178 cm³/mol. The maximum atomic E-state index is 13.5. The van der Waals surface area contributed by atoms with Crippen LogP contribution in [-0.2, 0) is 36.9 Å². The standard InChI is InChI=1S/C33H42N6O5.CH2O2/c1-22-32(42)34-16-6-18-39(21-27-11-10-25-20-26(35-23(2)40)12-15-29(25)36-27)17-5-7-31(41)37-30(33(43)38(22)3)19-24-8-13-28(44-4)14-9-24;2-1-3/h8-15,20,22,30H,5-7,16-19,21H2,1-4H3,(H,34,42)(H,35,40)(H,37,41);1H,(H,2,3)/t22-,30-;/m0./s1. The molecule has 47 heavy (non-hydrogen) atoms. The number of hydrogen-bond acceptors (Lipinski definition) is 8. The number of pyridine rings is 1. The number of likely N-dealkylation sites (N-methyl/N-ethyl adjacent to an activating group) is 1. The zero-order valence-electron chi connectivity index (χ0n) is 27.3. The van der Waals surface area contributed by atoms with Crippen molar-refractivity contribution in [2.45, 2.75) is 58.2 Å². The van der Waals surface area contributed by atoms with Gasteiger partial charge in [0.05, 0.1) is 18.3 Å². The van der Waals surface area contributed by atoms with Crippen molar-refractivity contribution in [3.05, 3.63) is 65.9 Å². The van der Waals surface area contributed by atoms with Gasteiger partial charge in [0.1, 0.15) is 17.8 Å². The van der Waals surface area contributed by atoms with E-state index in [0.717, 1.165) is 27.8 Å². The minimum absolute atomic E-state index is 0.128. The summed E-state index contributed by atoms with van der Waals surface area (Å²) in [6.45, 7) is 5.31. The Hall–Kier alpha value is -5.04. The van der Waals surface area contributed by atoms with E-state index in [1.807, 2.05) is 54.6 Å². The van der Waals surface area contributed by atoms with E-state index < -0.39 is 12.1 Å². The molecule has 1 aliphatic rings. The quantitative estimate of drug-likeness (QED) is 0.294. The first-order chi connectivity index (χ1) is 22.5. The van der Waals surface area contributed by atoms with E-state index in [-0.39, 0.29) is 36.5 Å². The monoisotopic (exact) mass is 648 g/mol. The van der Waals surface area contributed by atoms with Crippen molar-refractivity contribution in [1.82, 2.24) is 25.4 Å².